The van der Waals surface area contributed by atoms with Gasteiger partial charge in [-0.05, 0) is 12.1 Å². The Labute approximate surface area is 105 Å². The van der Waals surface area contributed by atoms with Crippen LogP contribution in [0.5, 0.6) is 5.75 Å². The second-order valence-corrected chi connectivity index (χ2v) is 11.5. The van der Waals surface area contributed by atoms with Crippen LogP contribution in [0.3, 0.4) is 0 Å². The summed E-state index contributed by atoms with van der Waals surface area (Å²) in [6.07, 6.45) is 1.50. The van der Waals surface area contributed by atoms with E-state index >= 15 is 0 Å². The molecule has 0 amide bonds. The number of rotatable bonds is 3. The second-order valence-electron chi connectivity index (χ2n) is 6.00. The number of hydrogen-bond acceptors (Lipinski definition) is 2. The van der Waals surface area contributed by atoms with Crippen LogP contribution >= 0.6 is 0 Å². The van der Waals surface area contributed by atoms with Crippen molar-refractivity contribution in [2.45, 2.75) is 44.3 Å². The molecule has 0 radical (unpaired) electrons. The molecular formula is C14H22O2Si. The molecule has 1 aliphatic rings. The van der Waals surface area contributed by atoms with Gasteiger partial charge in [0.1, 0.15) is 5.75 Å². The van der Waals surface area contributed by atoms with E-state index < -0.39 is 8.07 Å². The van der Waals surface area contributed by atoms with Crippen LogP contribution in [0.2, 0.25) is 25.7 Å². The predicted molar refractivity (Wildman–Crippen MR) is 73.4 cm³/mol. The zero-order valence-corrected chi connectivity index (χ0v) is 12.2. The molecule has 0 saturated heterocycles. The van der Waals surface area contributed by atoms with Gasteiger partial charge in [0, 0.05) is 27.2 Å². The van der Waals surface area contributed by atoms with Gasteiger partial charge in [0.2, 0.25) is 0 Å². The first-order valence-electron chi connectivity index (χ1n) is 6.28. The molecule has 94 valence electrons. The number of ether oxygens (including phenoxy) is 2. The molecule has 0 unspecified atom stereocenters. The van der Waals surface area contributed by atoms with Crippen molar-refractivity contribution < 1.29 is 9.47 Å². The van der Waals surface area contributed by atoms with E-state index in [1.54, 1.807) is 7.11 Å². The lowest BCUT2D eigenvalue weighted by atomic mass is 10.00. The van der Waals surface area contributed by atoms with Crippen molar-refractivity contribution in [3.63, 3.8) is 0 Å². The SMILES string of the molecule is CO[C@H]1C[C@@H](C[Si](C)(C)C)Oc2ccccc21. The van der Waals surface area contributed by atoms with Crippen LogP contribution in [0, 0.1) is 0 Å². The summed E-state index contributed by atoms with van der Waals surface area (Å²) in [5, 5.41) is 0. The Balaban J connectivity index is 2.18. The quantitative estimate of drug-likeness (QED) is 0.758. The molecule has 2 atom stereocenters. The summed E-state index contributed by atoms with van der Waals surface area (Å²) in [6.45, 7) is 7.16. The average Bonchev–Trinajstić information content (AvgIpc) is 2.25. The molecule has 0 aromatic heterocycles. The molecule has 1 aromatic carbocycles. The van der Waals surface area contributed by atoms with E-state index in [4.69, 9.17) is 9.47 Å². The lowest BCUT2D eigenvalue weighted by molar-refractivity contribution is 0.0364. The minimum absolute atomic E-state index is 0.196. The highest BCUT2D eigenvalue weighted by Gasteiger charge is 2.31. The monoisotopic (exact) mass is 250 g/mol. The third-order valence-electron chi connectivity index (χ3n) is 3.16. The third kappa shape index (κ3) is 3.10. The first kappa shape index (κ1) is 12.6. The number of hydrogen-bond donors (Lipinski definition) is 0. The first-order chi connectivity index (χ1) is 7.99. The van der Waals surface area contributed by atoms with Crippen molar-refractivity contribution in [1.82, 2.24) is 0 Å². The molecule has 0 bridgehead atoms. The summed E-state index contributed by atoms with van der Waals surface area (Å²) in [5.41, 5.74) is 1.20. The fourth-order valence-corrected chi connectivity index (χ4v) is 4.09. The van der Waals surface area contributed by atoms with E-state index in [9.17, 15) is 0 Å². The summed E-state index contributed by atoms with van der Waals surface area (Å²) in [6, 6.07) is 9.43. The van der Waals surface area contributed by atoms with Crippen molar-refractivity contribution >= 4 is 8.07 Å². The van der Waals surface area contributed by atoms with E-state index in [-0.39, 0.29) is 6.10 Å². The van der Waals surface area contributed by atoms with Gasteiger partial charge in [-0.2, -0.15) is 0 Å². The Morgan fingerprint density at radius 1 is 1.29 bits per heavy atom. The Bertz CT molecular complexity index is 384. The van der Waals surface area contributed by atoms with Crippen LogP contribution in [0.1, 0.15) is 18.1 Å². The van der Waals surface area contributed by atoms with Crippen molar-refractivity contribution in [3.8, 4) is 5.75 Å². The largest absolute Gasteiger partial charge is 0.490 e. The lowest BCUT2D eigenvalue weighted by Gasteiger charge is -2.34. The van der Waals surface area contributed by atoms with Crippen molar-refractivity contribution in [1.29, 1.82) is 0 Å². The Hall–Kier alpha value is -0.803. The standard InChI is InChI=1S/C14H22O2Si/c1-15-14-9-11(10-17(2,3)4)16-13-8-6-5-7-12(13)14/h5-8,11,14H,9-10H2,1-4H3/t11-,14-/m0/s1. The summed E-state index contributed by atoms with van der Waals surface area (Å²) >= 11 is 0. The topological polar surface area (TPSA) is 18.5 Å². The van der Waals surface area contributed by atoms with E-state index in [0.29, 0.717) is 6.10 Å². The van der Waals surface area contributed by atoms with Crippen LogP contribution in [-0.4, -0.2) is 21.3 Å². The van der Waals surface area contributed by atoms with Crippen LogP contribution in [0.4, 0.5) is 0 Å². The Kier molecular flexibility index (Phi) is 3.59. The first-order valence-corrected chi connectivity index (χ1v) is 9.99. The molecule has 2 nitrogen and oxygen atoms in total. The summed E-state index contributed by atoms with van der Waals surface area (Å²) < 4.78 is 11.7. The summed E-state index contributed by atoms with van der Waals surface area (Å²) in [7, 11) is 0.701. The second kappa shape index (κ2) is 4.82. The number of benzene rings is 1. The van der Waals surface area contributed by atoms with Gasteiger partial charge in [-0.1, -0.05) is 37.8 Å². The van der Waals surface area contributed by atoms with Crippen molar-refractivity contribution in [2.24, 2.45) is 0 Å². The number of para-hydroxylation sites is 1. The van der Waals surface area contributed by atoms with Gasteiger partial charge in [-0.3, -0.25) is 0 Å². The Morgan fingerprint density at radius 3 is 2.65 bits per heavy atom. The lowest BCUT2D eigenvalue weighted by Crippen LogP contribution is -2.34. The molecule has 0 saturated carbocycles. The molecule has 0 N–H and O–H groups in total. The zero-order valence-electron chi connectivity index (χ0n) is 11.2. The molecule has 17 heavy (non-hydrogen) atoms. The highest BCUT2D eigenvalue weighted by molar-refractivity contribution is 6.76. The minimum Gasteiger partial charge on any atom is -0.490 e. The fourth-order valence-electron chi connectivity index (χ4n) is 2.48. The molecule has 0 fully saturated rings. The maximum Gasteiger partial charge on any atom is 0.125 e. The maximum atomic E-state index is 6.09. The van der Waals surface area contributed by atoms with E-state index in [1.807, 2.05) is 12.1 Å². The van der Waals surface area contributed by atoms with Crippen LogP contribution in [-0.2, 0) is 4.74 Å². The fraction of sp³-hybridized carbons (Fsp3) is 0.571. The molecule has 0 spiro atoms. The zero-order chi connectivity index (χ0) is 12.5. The molecule has 0 aliphatic carbocycles. The molecule has 1 heterocycles. The predicted octanol–water partition coefficient (Wildman–Crippen LogP) is 3.86. The molecule has 3 heteroatoms. The van der Waals surface area contributed by atoms with Crippen LogP contribution in [0.15, 0.2) is 24.3 Å². The van der Waals surface area contributed by atoms with Gasteiger partial charge in [-0.15, -0.1) is 0 Å². The summed E-state index contributed by atoms with van der Waals surface area (Å²) in [4.78, 5) is 0. The van der Waals surface area contributed by atoms with Crippen molar-refractivity contribution in [3.05, 3.63) is 29.8 Å². The molecule has 1 aliphatic heterocycles. The van der Waals surface area contributed by atoms with E-state index in [1.165, 1.54) is 11.6 Å². The maximum absolute atomic E-state index is 6.09. The van der Waals surface area contributed by atoms with Crippen LogP contribution in [0.25, 0.3) is 0 Å². The normalized spacial score (nSPS) is 24.0. The van der Waals surface area contributed by atoms with Gasteiger partial charge < -0.3 is 9.47 Å². The van der Waals surface area contributed by atoms with Gasteiger partial charge in [0.15, 0.2) is 0 Å². The van der Waals surface area contributed by atoms with Gasteiger partial charge in [0.25, 0.3) is 0 Å². The highest BCUT2D eigenvalue weighted by Crippen LogP contribution is 2.38. The average molecular weight is 250 g/mol. The van der Waals surface area contributed by atoms with Crippen molar-refractivity contribution in [2.75, 3.05) is 7.11 Å². The molecule has 1 aromatic rings. The van der Waals surface area contributed by atoms with Gasteiger partial charge in [0.05, 0.1) is 12.2 Å². The third-order valence-corrected chi connectivity index (χ3v) is 4.84. The van der Waals surface area contributed by atoms with E-state index in [2.05, 4.69) is 31.8 Å². The number of methoxy groups -OCH3 is 1. The Morgan fingerprint density at radius 2 is 2.00 bits per heavy atom. The minimum atomic E-state index is -1.09. The summed E-state index contributed by atoms with van der Waals surface area (Å²) in [5.74, 6) is 1.01. The van der Waals surface area contributed by atoms with Crippen LogP contribution < -0.4 is 4.74 Å². The number of fused-ring (bicyclic) bond motifs is 1. The molecular weight excluding hydrogens is 228 g/mol. The van der Waals surface area contributed by atoms with E-state index in [0.717, 1.165) is 12.2 Å². The highest BCUT2D eigenvalue weighted by atomic mass is 28.3. The van der Waals surface area contributed by atoms with Gasteiger partial charge >= 0.3 is 0 Å². The molecule has 2 rings (SSSR count). The smallest absolute Gasteiger partial charge is 0.125 e. The van der Waals surface area contributed by atoms with Gasteiger partial charge in [-0.25, -0.2) is 0 Å².